The zero-order valence-electron chi connectivity index (χ0n) is 14.3. The highest BCUT2D eigenvalue weighted by atomic mass is 16.3. The summed E-state index contributed by atoms with van der Waals surface area (Å²) in [6.45, 7) is 11.2. The molecule has 124 valence electrons. The minimum absolute atomic E-state index is 0.0377. The fourth-order valence-electron chi connectivity index (χ4n) is 3.06. The van der Waals surface area contributed by atoms with Gasteiger partial charge in [-0.1, -0.05) is 34.1 Å². The van der Waals surface area contributed by atoms with Crippen molar-refractivity contribution in [3.63, 3.8) is 0 Å². The fraction of sp³-hybridized carbons (Fsp3) is 0.941. The van der Waals surface area contributed by atoms with Crippen LogP contribution in [0.2, 0.25) is 0 Å². The lowest BCUT2D eigenvalue weighted by Gasteiger charge is -2.39. The van der Waals surface area contributed by atoms with Crippen molar-refractivity contribution < 1.29 is 9.90 Å². The van der Waals surface area contributed by atoms with Crippen molar-refractivity contribution in [3.8, 4) is 0 Å². The number of nitrogens with one attached hydrogen (secondary N) is 1. The first-order valence-corrected chi connectivity index (χ1v) is 8.67. The van der Waals surface area contributed by atoms with E-state index in [1.54, 1.807) is 0 Å². The van der Waals surface area contributed by atoms with Crippen LogP contribution in [0.1, 0.15) is 59.8 Å². The molecule has 1 amide bonds. The molecule has 0 aliphatic carbocycles. The second-order valence-electron chi connectivity index (χ2n) is 6.87. The van der Waals surface area contributed by atoms with Gasteiger partial charge in [0.05, 0.1) is 6.10 Å². The number of unbranched alkanes of at least 4 members (excludes halogenated alkanes) is 1. The lowest BCUT2D eigenvalue weighted by atomic mass is 9.88. The minimum atomic E-state index is -0.206. The molecule has 1 fully saturated rings. The van der Waals surface area contributed by atoms with Crippen LogP contribution in [0.25, 0.3) is 0 Å². The highest BCUT2D eigenvalue weighted by molar-refractivity contribution is 5.78. The van der Waals surface area contributed by atoms with Crippen LogP contribution in [-0.4, -0.2) is 47.7 Å². The summed E-state index contributed by atoms with van der Waals surface area (Å²) in [5.74, 6) is 0.672. The molecule has 0 aromatic carbocycles. The van der Waals surface area contributed by atoms with Crippen LogP contribution < -0.4 is 5.32 Å². The topological polar surface area (TPSA) is 52.6 Å². The molecule has 4 nitrogen and oxygen atoms in total. The molecule has 0 aromatic heterocycles. The summed E-state index contributed by atoms with van der Waals surface area (Å²) in [5.41, 5.74) is 0. The molecule has 2 N–H and O–H groups in total. The van der Waals surface area contributed by atoms with Crippen LogP contribution >= 0.6 is 0 Å². The summed E-state index contributed by atoms with van der Waals surface area (Å²) in [5, 5.41) is 13.1. The number of rotatable bonds is 8. The van der Waals surface area contributed by atoms with Gasteiger partial charge in [-0.3, -0.25) is 4.79 Å². The first kappa shape index (κ1) is 18.4. The maximum atomic E-state index is 11.9. The second-order valence-corrected chi connectivity index (χ2v) is 6.87. The maximum absolute atomic E-state index is 11.9. The standard InChI is InChI=1S/C17H34N2O2/c1-5-7-8-19-11-14(10-16(20)6-2)9-15(12-19)18-17(21)13(3)4/h13-16,20H,5-12H2,1-4H3,(H,18,21). The average molecular weight is 298 g/mol. The summed E-state index contributed by atoms with van der Waals surface area (Å²) in [6.07, 6.45) is 4.86. The van der Waals surface area contributed by atoms with Crippen LogP contribution in [0.15, 0.2) is 0 Å². The number of hydrogen-bond acceptors (Lipinski definition) is 3. The van der Waals surface area contributed by atoms with E-state index in [0.717, 1.165) is 38.9 Å². The van der Waals surface area contributed by atoms with Gasteiger partial charge in [-0.2, -0.15) is 0 Å². The third-order valence-electron chi connectivity index (χ3n) is 4.39. The molecule has 0 saturated carbocycles. The molecule has 21 heavy (non-hydrogen) atoms. The number of hydrogen-bond donors (Lipinski definition) is 2. The van der Waals surface area contributed by atoms with Gasteiger partial charge in [-0.25, -0.2) is 0 Å². The maximum Gasteiger partial charge on any atom is 0.222 e. The summed E-state index contributed by atoms with van der Waals surface area (Å²) >= 11 is 0. The molecule has 0 spiro atoms. The van der Waals surface area contributed by atoms with Crippen LogP contribution in [0.4, 0.5) is 0 Å². The van der Waals surface area contributed by atoms with Gasteiger partial charge < -0.3 is 15.3 Å². The van der Waals surface area contributed by atoms with Crippen molar-refractivity contribution >= 4 is 5.91 Å². The normalized spacial score (nSPS) is 25.0. The Morgan fingerprint density at radius 1 is 1.33 bits per heavy atom. The molecule has 1 heterocycles. The fourth-order valence-corrected chi connectivity index (χ4v) is 3.06. The molecule has 0 bridgehead atoms. The van der Waals surface area contributed by atoms with Gasteiger partial charge in [0.1, 0.15) is 0 Å². The van der Waals surface area contributed by atoms with E-state index >= 15 is 0 Å². The van der Waals surface area contributed by atoms with Crippen molar-refractivity contribution in [2.45, 2.75) is 71.9 Å². The number of carbonyl (C=O) groups is 1. The number of likely N-dealkylation sites (tertiary alicyclic amines) is 1. The summed E-state index contributed by atoms with van der Waals surface area (Å²) in [4.78, 5) is 14.4. The quantitative estimate of drug-likeness (QED) is 0.723. The molecule has 1 aliphatic rings. The average Bonchev–Trinajstić information content (AvgIpc) is 2.44. The molecule has 3 unspecified atom stereocenters. The molecule has 4 heteroatoms. The molecule has 1 saturated heterocycles. The van der Waals surface area contributed by atoms with Gasteiger partial charge in [0.25, 0.3) is 0 Å². The molecule has 3 atom stereocenters. The molecular weight excluding hydrogens is 264 g/mol. The molecule has 0 radical (unpaired) electrons. The van der Waals surface area contributed by atoms with Gasteiger partial charge in [-0.15, -0.1) is 0 Å². The van der Waals surface area contributed by atoms with Crippen molar-refractivity contribution in [1.82, 2.24) is 10.2 Å². The van der Waals surface area contributed by atoms with E-state index in [1.807, 2.05) is 20.8 Å². The van der Waals surface area contributed by atoms with E-state index in [2.05, 4.69) is 17.1 Å². The van der Waals surface area contributed by atoms with Crippen LogP contribution in [0, 0.1) is 11.8 Å². The Hall–Kier alpha value is -0.610. The number of aliphatic hydroxyl groups is 1. The van der Waals surface area contributed by atoms with Crippen molar-refractivity contribution in [2.75, 3.05) is 19.6 Å². The predicted octanol–water partition coefficient (Wildman–Crippen LogP) is 2.41. The van der Waals surface area contributed by atoms with Gasteiger partial charge in [0.15, 0.2) is 0 Å². The van der Waals surface area contributed by atoms with Crippen molar-refractivity contribution in [1.29, 1.82) is 0 Å². The van der Waals surface area contributed by atoms with E-state index in [0.29, 0.717) is 5.92 Å². The Kier molecular flexibility index (Phi) is 8.27. The van der Waals surface area contributed by atoms with Gasteiger partial charge in [-0.05, 0) is 38.1 Å². The summed E-state index contributed by atoms with van der Waals surface area (Å²) in [6, 6.07) is 0.236. The number of amides is 1. The summed E-state index contributed by atoms with van der Waals surface area (Å²) in [7, 11) is 0. The molecule has 1 aliphatic heterocycles. The number of nitrogens with zero attached hydrogens (tertiary/aromatic N) is 1. The van der Waals surface area contributed by atoms with Gasteiger partial charge >= 0.3 is 0 Å². The molecule has 1 rings (SSSR count). The SMILES string of the molecule is CCCCN1CC(CC(O)CC)CC(NC(=O)C(C)C)C1. The Bertz CT molecular complexity index is 307. The van der Waals surface area contributed by atoms with Crippen LogP contribution in [-0.2, 0) is 4.79 Å². The number of aliphatic hydroxyl groups excluding tert-OH is 1. The van der Waals surface area contributed by atoms with Crippen LogP contribution in [0.5, 0.6) is 0 Å². The first-order chi connectivity index (χ1) is 9.96. The molecule has 0 aromatic rings. The Balaban J connectivity index is 2.58. The van der Waals surface area contributed by atoms with E-state index in [9.17, 15) is 9.90 Å². The first-order valence-electron chi connectivity index (χ1n) is 8.67. The highest BCUT2D eigenvalue weighted by Crippen LogP contribution is 2.23. The predicted molar refractivity (Wildman–Crippen MR) is 87.1 cm³/mol. The monoisotopic (exact) mass is 298 g/mol. The molecular formula is C17H34N2O2. The largest absolute Gasteiger partial charge is 0.393 e. The van der Waals surface area contributed by atoms with E-state index in [4.69, 9.17) is 0 Å². The zero-order valence-corrected chi connectivity index (χ0v) is 14.3. The Morgan fingerprint density at radius 2 is 2.05 bits per heavy atom. The third-order valence-corrected chi connectivity index (χ3v) is 4.39. The van der Waals surface area contributed by atoms with E-state index in [1.165, 1.54) is 12.8 Å². The summed E-state index contributed by atoms with van der Waals surface area (Å²) < 4.78 is 0. The lowest BCUT2D eigenvalue weighted by Crippen LogP contribution is -2.52. The van der Waals surface area contributed by atoms with Crippen molar-refractivity contribution in [3.05, 3.63) is 0 Å². The Labute approximate surface area is 130 Å². The van der Waals surface area contributed by atoms with Gasteiger partial charge in [0, 0.05) is 25.0 Å². The highest BCUT2D eigenvalue weighted by Gasteiger charge is 2.29. The van der Waals surface area contributed by atoms with Crippen molar-refractivity contribution in [2.24, 2.45) is 11.8 Å². The zero-order chi connectivity index (χ0) is 15.8. The third kappa shape index (κ3) is 6.79. The lowest BCUT2D eigenvalue weighted by molar-refractivity contribution is -0.125. The van der Waals surface area contributed by atoms with Gasteiger partial charge in [0.2, 0.25) is 5.91 Å². The number of piperidine rings is 1. The van der Waals surface area contributed by atoms with E-state index < -0.39 is 0 Å². The smallest absolute Gasteiger partial charge is 0.222 e. The minimum Gasteiger partial charge on any atom is -0.393 e. The Morgan fingerprint density at radius 3 is 2.62 bits per heavy atom. The van der Waals surface area contributed by atoms with Crippen LogP contribution in [0.3, 0.4) is 0 Å². The van der Waals surface area contributed by atoms with E-state index in [-0.39, 0.29) is 24.0 Å². The number of carbonyl (C=O) groups excluding carboxylic acids is 1. The second kappa shape index (κ2) is 9.42.